The van der Waals surface area contributed by atoms with Gasteiger partial charge in [-0.1, -0.05) is 60.8 Å². The Balaban J connectivity index is -0.000000111. The van der Waals surface area contributed by atoms with E-state index in [1.807, 2.05) is 0 Å². The summed E-state index contributed by atoms with van der Waals surface area (Å²) >= 11 is 0. The van der Waals surface area contributed by atoms with E-state index >= 15 is 0 Å². The molecule has 15 heteroatoms. The quantitative estimate of drug-likeness (QED) is 0.118. The van der Waals surface area contributed by atoms with Crippen molar-refractivity contribution in [2.24, 2.45) is 0 Å². The fourth-order valence-corrected chi connectivity index (χ4v) is 1.53. The fourth-order valence-electron chi connectivity index (χ4n) is 1.53. The number of hydrogen-bond donors (Lipinski definition) is 0. The minimum Gasteiger partial charge on any atom is -1.00 e. The Kier molecular flexibility index (Phi) is 19.9. The fraction of sp³-hybridized carbons (Fsp3) is 0.444. The van der Waals surface area contributed by atoms with Crippen LogP contribution in [0.25, 0.3) is 0 Å². The standard InChI is InChI=1S/C8H12.C8H10.2CHF3O3S.Ru.2H/c2*1-2-4-6-8-7-5-3-1;2*2-1(3,4)8(5,6)7;;;/h1-2,7-8H,3-6H2;1-6H,7-8H2;2*(H,5,6,7);;;/q;;;;+4;2*-1/p-2/b2-1-,8-7-;2-1-,5-3-,6-4-;;;;;. The third-order valence-electron chi connectivity index (χ3n) is 3.01. The summed E-state index contributed by atoms with van der Waals surface area (Å²) in [6, 6.07) is 0. The first-order valence-corrected chi connectivity index (χ1v) is 11.6. The Labute approximate surface area is 205 Å². The topological polar surface area (TPSA) is 114 Å². The minimum absolute atomic E-state index is 0. The average molecular weight is 616 g/mol. The van der Waals surface area contributed by atoms with Crippen LogP contribution in [0.5, 0.6) is 0 Å². The second kappa shape index (κ2) is 18.1. The normalized spacial score (nSPS) is 20.8. The summed E-state index contributed by atoms with van der Waals surface area (Å²) in [7, 11) is -12.2. The van der Waals surface area contributed by atoms with E-state index < -0.39 is 31.3 Å². The van der Waals surface area contributed by atoms with E-state index in [2.05, 4.69) is 60.8 Å². The molecule has 33 heavy (non-hydrogen) atoms. The average Bonchev–Trinajstić information content (AvgIpc) is 2.51. The van der Waals surface area contributed by atoms with Gasteiger partial charge >= 0.3 is 30.5 Å². The summed E-state index contributed by atoms with van der Waals surface area (Å²) in [5.74, 6) is 0. The van der Waals surface area contributed by atoms with E-state index in [1.54, 1.807) is 0 Å². The number of halogens is 6. The molecule has 0 aromatic heterocycles. The van der Waals surface area contributed by atoms with Gasteiger partial charge in [0, 0.05) is 0 Å². The van der Waals surface area contributed by atoms with Crippen LogP contribution in [0.3, 0.4) is 0 Å². The number of rotatable bonds is 0. The molecule has 6 nitrogen and oxygen atoms in total. The van der Waals surface area contributed by atoms with Gasteiger partial charge in [-0.25, -0.2) is 16.8 Å². The molecule has 0 bridgehead atoms. The second-order valence-electron chi connectivity index (χ2n) is 5.72. The monoisotopic (exact) mass is 616 g/mol. The molecule has 0 spiro atoms. The second-order valence-corrected chi connectivity index (χ2v) is 8.46. The van der Waals surface area contributed by atoms with Gasteiger partial charge in [0.1, 0.15) is 0 Å². The molecule has 2 rings (SSSR count). The molecule has 0 N–H and O–H groups in total. The summed E-state index contributed by atoms with van der Waals surface area (Å²) in [6.45, 7) is 0. The van der Waals surface area contributed by atoms with Gasteiger partial charge in [0.25, 0.3) is 0 Å². The molecule has 0 aromatic carbocycles. The summed E-state index contributed by atoms with van der Waals surface area (Å²) in [4.78, 5) is 0. The zero-order valence-corrected chi connectivity index (χ0v) is 20.3. The van der Waals surface area contributed by atoms with Crippen molar-refractivity contribution in [3.63, 3.8) is 0 Å². The van der Waals surface area contributed by atoms with Crippen LogP contribution in [0, 0.1) is 0 Å². The minimum atomic E-state index is -6.09. The Morgan fingerprint density at radius 2 is 0.697 bits per heavy atom. The van der Waals surface area contributed by atoms with E-state index in [1.165, 1.54) is 38.5 Å². The zero-order chi connectivity index (χ0) is 25.3. The molecule has 2 aliphatic carbocycles. The molecule has 0 atom stereocenters. The van der Waals surface area contributed by atoms with Crippen molar-refractivity contribution in [3.05, 3.63) is 60.8 Å². The van der Waals surface area contributed by atoms with Crippen LogP contribution < -0.4 is 0 Å². The molecule has 0 fully saturated rings. The first kappa shape index (κ1) is 36.3. The van der Waals surface area contributed by atoms with Crippen molar-refractivity contribution < 1.29 is 74.6 Å². The van der Waals surface area contributed by atoms with Crippen molar-refractivity contribution >= 4 is 20.2 Å². The third kappa shape index (κ3) is 23.7. The van der Waals surface area contributed by atoms with E-state index in [9.17, 15) is 26.3 Å². The van der Waals surface area contributed by atoms with Gasteiger partial charge in [-0.2, -0.15) is 26.3 Å². The molecule has 0 unspecified atom stereocenters. The van der Waals surface area contributed by atoms with Crippen LogP contribution >= 0.6 is 0 Å². The Bertz CT molecular complexity index is 798. The molecule has 0 saturated carbocycles. The van der Waals surface area contributed by atoms with Crippen LogP contribution in [0.1, 0.15) is 41.4 Å². The molecule has 0 saturated heterocycles. The Morgan fingerprint density at radius 1 is 0.515 bits per heavy atom. The van der Waals surface area contributed by atoms with Crippen molar-refractivity contribution in [3.8, 4) is 0 Å². The Hall–Kier alpha value is -1.28. The van der Waals surface area contributed by atoms with Crippen molar-refractivity contribution in [1.82, 2.24) is 0 Å². The molecule has 0 radical (unpaired) electrons. The predicted molar refractivity (Wildman–Crippen MR) is 107 cm³/mol. The van der Waals surface area contributed by atoms with Gasteiger partial charge in [0.05, 0.1) is 0 Å². The maximum Gasteiger partial charge on any atom is 4.00 e. The van der Waals surface area contributed by atoms with Crippen molar-refractivity contribution in [2.45, 2.75) is 49.5 Å². The number of allylic oxidation sites excluding steroid dienone is 10. The van der Waals surface area contributed by atoms with Gasteiger partial charge in [-0.15, -0.1) is 0 Å². The van der Waals surface area contributed by atoms with Crippen LogP contribution in [0.15, 0.2) is 60.8 Å². The molecule has 194 valence electrons. The molecule has 0 aromatic rings. The number of alkyl halides is 6. The first-order chi connectivity index (χ1) is 14.5. The molecule has 0 amide bonds. The van der Waals surface area contributed by atoms with E-state index in [0.717, 1.165) is 0 Å². The third-order valence-corrected chi connectivity index (χ3v) is 4.14. The van der Waals surface area contributed by atoms with Crippen LogP contribution in [0.2, 0.25) is 0 Å². The van der Waals surface area contributed by atoms with Crippen LogP contribution in [-0.4, -0.2) is 37.0 Å². The Morgan fingerprint density at radius 3 is 0.879 bits per heavy atom. The molecule has 0 aliphatic heterocycles. The van der Waals surface area contributed by atoms with Gasteiger partial charge in [-0.05, 0) is 38.5 Å². The van der Waals surface area contributed by atoms with Gasteiger partial charge in [0.15, 0.2) is 20.2 Å². The van der Waals surface area contributed by atoms with Crippen molar-refractivity contribution in [2.75, 3.05) is 0 Å². The molecule has 0 heterocycles. The molecular weight excluding hydrogens is 591 g/mol. The van der Waals surface area contributed by atoms with E-state index in [4.69, 9.17) is 25.9 Å². The van der Waals surface area contributed by atoms with Crippen LogP contribution in [0.4, 0.5) is 26.3 Å². The van der Waals surface area contributed by atoms with Crippen LogP contribution in [-0.2, 0) is 39.7 Å². The number of hydrogen-bond acceptors (Lipinski definition) is 6. The molecular formula is C18H24F6O6RuS2. The maximum atomic E-state index is 10.7. The summed E-state index contributed by atoms with van der Waals surface area (Å²) in [6.07, 6.45) is 29.0. The van der Waals surface area contributed by atoms with Gasteiger partial charge in [0.2, 0.25) is 0 Å². The van der Waals surface area contributed by atoms with Gasteiger partial charge < -0.3 is 12.0 Å². The van der Waals surface area contributed by atoms with Crippen molar-refractivity contribution in [1.29, 1.82) is 0 Å². The summed E-state index contributed by atoms with van der Waals surface area (Å²) < 4.78 is 118. The smallest absolute Gasteiger partial charge is 1.00 e. The first-order valence-electron chi connectivity index (χ1n) is 8.82. The summed E-state index contributed by atoms with van der Waals surface area (Å²) in [5, 5.41) is 0. The predicted octanol–water partition coefficient (Wildman–Crippen LogP) is 5.45. The SMILES string of the molecule is C1=C\C=C/CC\C=C/1.C1=C\CC/C=C\CC/1.O=S(=O)([O-])C(F)(F)F.O=S(=O)([O-])C(F)(F)F.[H-].[H-].[Ru+4]. The van der Waals surface area contributed by atoms with E-state index in [-0.39, 0.29) is 22.3 Å². The largest absolute Gasteiger partial charge is 4.00 e. The zero-order valence-electron chi connectivity index (χ0n) is 18.9. The maximum absolute atomic E-state index is 10.7. The van der Waals surface area contributed by atoms with Gasteiger partial charge in [-0.3, -0.25) is 0 Å². The van der Waals surface area contributed by atoms with E-state index in [0.29, 0.717) is 0 Å². The summed E-state index contributed by atoms with van der Waals surface area (Å²) in [5.41, 5.74) is -11.3. The molecule has 2 aliphatic rings.